The summed E-state index contributed by atoms with van der Waals surface area (Å²) in [5, 5.41) is 0. The molecule has 2 amide bonds. The summed E-state index contributed by atoms with van der Waals surface area (Å²) in [6, 6.07) is 0.579. The lowest BCUT2D eigenvalue weighted by molar-refractivity contribution is -0.242. The van der Waals surface area contributed by atoms with Crippen LogP contribution in [0.1, 0.15) is 20.3 Å². The number of hydrogen-bond acceptors (Lipinski definition) is 3. The van der Waals surface area contributed by atoms with Crippen molar-refractivity contribution in [1.82, 2.24) is 14.7 Å². The van der Waals surface area contributed by atoms with Crippen molar-refractivity contribution in [3.63, 3.8) is 0 Å². The van der Waals surface area contributed by atoms with Gasteiger partial charge in [0.2, 0.25) is 0 Å². The fourth-order valence-corrected chi connectivity index (χ4v) is 2.49. The molecule has 0 aliphatic carbocycles. The Bertz CT molecular complexity index is 298. The average Bonchev–Trinajstić information content (AvgIpc) is 2.24. The van der Waals surface area contributed by atoms with E-state index in [-0.39, 0.29) is 11.8 Å². The highest BCUT2D eigenvalue weighted by molar-refractivity contribution is 5.75. The van der Waals surface area contributed by atoms with E-state index in [4.69, 9.17) is 4.74 Å². The van der Waals surface area contributed by atoms with Gasteiger partial charge in [0, 0.05) is 39.8 Å². The van der Waals surface area contributed by atoms with Gasteiger partial charge in [-0.1, -0.05) is 0 Å². The highest BCUT2D eigenvalue weighted by Crippen LogP contribution is 2.34. The first-order valence-electron chi connectivity index (χ1n) is 6.33. The number of amides is 2. The minimum atomic E-state index is -0.357. The SMILES string of the molecule is CC(C)N1CC2(C1)OCCCN2C(=O)N(C)C. The van der Waals surface area contributed by atoms with Gasteiger partial charge in [-0.3, -0.25) is 9.80 Å². The van der Waals surface area contributed by atoms with E-state index in [2.05, 4.69) is 18.7 Å². The van der Waals surface area contributed by atoms with Crippen LogP contribution in [-0.4, -0.2) is 72.8 Å². The smallest absolute Gasteiger partial charge is 0.321 e. The third-order valence-electron chi connectivity index (χ3n) is 3.63. The van der Waals surface area contributed by atoms with E-state index in [9.17, 15) is 4.79 Å². The monoisotopic (exact) mass is 241 g/mol. The fraction of sp³-hybridized carbons (Fsp3) is 0.917. The van der Waals surface area contributed by atoms with Gasteiger partial charge < -0.3 is 9.64 Å². The van der Waals surface area contributed by atoms with Crippen LogP contribution in [0.3, 0.4) is 0 Å². The zero-order chi connectivity index (χ0) is 12.6. The first-order valence-corrected chi connectivity index (χ1v) is 6.33. The Hall–Kier alpha value is -0.810. The molecular weight excluding hydrogens is 218 g/mol. The highest BCUT2D eigenvalue weighted by Gasteiger charge is 2.53. The van der Waals surface area contributed by atoms with Gasteiger partial charge in [-0.25, -0.2) is 4.79 Å². The molecule has 5 heteroatoms. The van der Waals surface area contributed by atoms with E-state index in [1.165, 1.54) is 0 Å². The molecule has 2 aliphatic heterocycles. The number of rotatable bonds is 1. The van der Waals surface area contributed by atoms with Gasteiger partial charge in [0.1, 0.15) is 0 Å². The van der Waals surface area contributed by atoms with Crippen molar-refractivity contribution in [2.24, 2.45) is 0 Å². The maximum Gasteiger partial charge on any atom is 0.321 e. The topological polar surface area (TPSA) is 36.0 Å². The number of likely N-dealkylation sites (tertiary alicyclic amines) is 1. The summed E-state index contributed by atoms with van der Waals surface area (Å²) < 4.78 is 5.90. The molecule has 0 saturated carbocycles. The van der Waals surface area contributed by atoms with Crippen LogP contribution in [0.2, 0.25) is 0 Å². The quantitative estimate of drug-likeness (QED) is 0.681. The molecule has 17 heavy (non-hydrogen) atoms. The first-order chi connectivity index (χ1) is 7.96. The Kier molecular flexibility index (Phi) is 3.32. The second-order valence-electron chi connectivity index (χ2n) is 5.48. The zero-order valence-corrected chi connectivity index (χ0v) is 11.3. The Morgan fingerprint density at radius 1 is 1.35 bits per heavy atom. The standard InChI is InChI=1S/C12H23N3O2/c1-10(2)14-8-12(9-14)15(6-5-7-17-12)11(16)13(3)4/h10H,5-9H2,1-4H3. The highest BCUT2D eigenvalue weighted by atomic mass is 16.5. The van der Waals surface area contributed by atoms with E-state index >= 15 is 0 Å². The van der Waals surface area contributed by atoms with Crippen LogP contribution in [-0.2, 0) is 4.74 Å². The second kappa shape index (κ2) is 4.46. The van der Waals surface area contributed by atoms with Gasteiger partial charge in [0.05, 0.1) is 6.61 Å². The summed E-state index contributed by atoms with van der Waals surface area (Å²) in [7, 11) is 3.59. The number of nitrogens with zero attached hydrogens (tertiary/aromatic N) is 3. The molecule has 2 saturated heterocycles. The lowest BCUT2D eigenvalue weighted by Gasteiger charge is -2.58. The van der Waals surface area contributed by atoms with Crippen molar-refractivity contribution in [2.75, 3.05) is 40.3 Å². The summed E-state index contributed by atoms with van der Waals surface area (Å²) in [4.78, 5) is 18.0. The van der Waals surface area contributed by atoms with Crippen LogP contribution in [0, 0.1) is 0 Å². The molecule has 0 aromatic rings. The van der Waals surface area contributed by atoms with Crippen molar-refractivity contribution < 1.29 is 9.53 Å². The largest absolute Gasteiger partial charge is 0.353 e. The molecular formula is C12H23N3O2. The van der Waals surface area contributed by atoms with Crippen LogP contribution in [0.5, 0.6) is 0 Å². The van der Waals surface area contributed by atoms with Crippen LogP contribution in [0.4, 0.5) is 4.79 Å². The number of hydrogen-bond donors (Lipinski definition) is 0. The Morgan fingerprint density at radius 2 is 2.00 bits per heavy atom. The van der Waals surface area contributed by atoms with Crippen LogP contribution in [0.15, 0.2) is 0 Å². The van der Waals surface area contributed by atoms with Crippen molar-refractivity contribution >= 4 is 6.03 Å². The van der Waals surface area contributed by atoms with Gasteiger partial charge >= 0.3 is 6.03 Å². The number of carbonyl (C=O) groups excluding carboxylic acids is 1. The van der Waals surface area contributed by atoms with Gasteiger partial charge in [0.15, 0.2) is 5.72 Å². The van der Waals surface area contributed by atoms with E-state index in [1.54, 1.807) is 19.0 Å². The minimum absolute atomic E-state index is 0.0631. The van der Waals surface area contributed by atoms with E-state index in [0.717, 1.165) is 32.7 Å². The molecule has 0 unspecified atom stereocenters. The predicted octanol–water partition coefficient (Wildman–Crippen LogP) is 0.811. The number of ether oxygens (including phenoxy) is 1. The van der Waals surface area contributed by atoms with Crippen LogP contribution >= 0.6 is 0 Å². The fourth-order valence-electron chi connectivity index (χ4n) is 2.49. The van der Waals surface area contributed by atoms with Crippen molar-refractivity contribution in [3.05, 3.63) is 0 Å². The Balaban J connectivity index is 2.07. The summed E-state index contributed by atoms with van der Waals surface area (Å²) in [6.45, 7) is 7.60. The first kappa shape index (κ1) is 12.6. The van der Waals surface area contributed by atoms with Crippen LogP contribution < -0.4 is 0 Å². The zero-order valence-electron chi connectivity index (χ0n) is 11.3. The maximum atomic E-state index is 12.1. The summed E-state index contributed by atoms with van der Waals surface area (Å²) in [5.74, 6) is 0. The summed E-state index contributed by atoms with van der Waals surface area (Å²) in [6.07, 6.45) is 0.934. The second-order valence-corrected chi connectivity index (χ2v) is 5.48. The molecule has 1 spiro atoms. The normalized spacial score (nSPS) is 23.9. The molecule has 2 aliphatic rings. The third kappa shape index (κ3) is 2.13. The Morgan fingerprint density at radius 3 is 2.53 bits per heavy atom. The summed E-state index contributed by atoms with van der Waals surface area (Å²) in [5.41, 5.74) is -0.357. The van der Waals surface area contributed by atoms with Crippen molar-refractivity contribution in [2.45, 2.75) is 32.0 Å². The van der Waals surface area contributed by atoms with Crippen molar-refractivity contribution in [3.8, 4) is 0 Å². The van der Waals surface area contributed by atoms with E-state index in [1.807, 2.05) is 4.90 Å². The molecule has 0 atom stereocenters. The van der Waals surface area contributed by atoms with Crippen molar-refractivity contribution in [1.29, 1.82) is 0 Å². The van der Waals surface area contributed by atoms with Gasteiger partial charge in [-0.15, -0.1) is 0 Å². The lowest BCUT2D eigenvalue weighted by atomic mass is 9.98. The number of carbonyl (C=O) groups is 1. The molecule has 0 radical (unpaired) electrons. The van der Waals surface area contributed by atoms with E-state index < -0.39 is 0 Å². The number of urea groups is 1. The minimum Gasteiger partial charge on any atom is -0.353 e. The molecule has 2 heterocycles. The summed E-state index contributed by atoms with van der Waals surface area (Å²) >= 11 is 0. The predicted molar refractivity (Wildman–Crippen MR) is 65.8 cm³/mol. The van der Waals surface area contributed by atoms with Gasteiger partial charge in [-0.2, -0.15) is 0 Å². The molecule has 0 bridgehead atoms. The molecule has 0 N–H and O–H groups in total. The van der Waals surface area contributed by atoms with E-state index in [0.29, 0.717) is 6.04 Å². The Labute approximate surface area is 103 Å². The van der Waals surface area contributed by atoms with Gasteiger partial charge in [0.25, 0.3) is 0 Å². The molecule has 98 valence electrons. The molecule has 0 aromatic carbocycles. The van der Waals surface area contributed by atoms with Crippen LogP contribution in [0.25, 0.3) is 0 Å². The van der Waals surface area contributed by atoms with Gasteiger partial charge in [-0.05, 0) is 20.3 Å². The molecule has 2 fully saturated rings. The maximum absolute atomic E-state index is 12.1. The molecule has 2 rings (SSSR count). The molecule has 5 nitrogen and oxygen atoms in total. The molecule has 0 aromatic heterocycles. The average molecular weight is 241 g/mol. The lowest BCUT2D eigenvalue weighted by Crippen LogP contribution is -2.75. The third-order valence-corrected chi connectivity index (χ3v) is 3.63.